The highest BCUT2D eigenvalue weighted by molar-refractivity contribution is 6.39. The van der Waals surface area contributed by atoms with Crippen LogP contribution < -0.4 is 15.5 Å². The van der Waals surface area contributed by atoms with Crippen molar-refractivity contribution in [3.63, 3.8) is 0 Å². The van der Waals surface area contributed by atoms with Gasteiger partial charge in [-0.15, -0.1) is 0 Å². The van der Waals surface area contributed by atoms with Crippen molar-refractivity contribution in [1.82, 2.24) is 10.2 Å². The number of benzene rings is 2. The molecule has 0 bridgehead atoms. The standard InChI is InChI=1S/C23H28N4O3/c1-16-9-11-17(12-10-16)20(26(2)3)15-24-22(29)23(30)25-18-6-4-7-19(14-18)27-13-5-8-21(27)28/h4,6-7,9-12,14,20H,5,8,13,15H2,1-3H3,(H,24,29)(H,25,30). The van der Waals surface area contributed by atoms with Crippen LogP contribution in [0.15, 0.2) is 48.5 Å². The summed E-state index contributed by atoms with van der Waals surface area (Å²) in [6.45, 7) is 3.00. The Labute approximate surface area is 177 Å². The van der Waals surface area contributed by atoms with Gasteiger partial charge in [0.1, 0.15) is 0 Å². The molecule has 2 aromatic rings. The van der Waals surface area contributed by atoms with Crippen LogP contribution >= 0.6 is 0 Å². The zero-order valence-electron chi connectivity index (χ0n) is 17.6. The monoisotopic (exact) mass is 408 g/mol. The van der Waals surface area contributed by atoms with Gasteiger partial charge in [-0.25, -0.2) is 0 Å². The molecule has 3 rings (SSSR count). The third-order valence-electron chi connectivity index (χ3n) is 5.24. The molecule has 1 unspecified atom stereocenters. The normalized spacial score (nSPS) is 14.7. The third kappa shape index (κ3) is 5.24. The molecule has 0 radical (unpaired) electrons. The number of carbonyl (C=O) groups excluding carboxylic acids is 3. The van der Waals surface area contributed by atoms with Crippen LogP contribution in [0.25, 0.3) is 0 Å². The van der Waals surface area contributed by atoms with E-state index in [9.17, 15) is 14.4 Å². The molecule has 1 aliphatic rings. The van der Waals surface area contributed by atoms with Crippen molar-refractivity contribution >= 4 is 29.1 Å². The van der Waals surface area contributed by atoms with Crippen molar-refractivity contribution in [2.24, 2.45) is 0 Å². The van der Waals surface area contributed by atoms with Gasteiger partial charge >= 0.3 is 11.8 Å². The van der Waals surface area contributed by atoms with Crippen molar-refractivity contribution < 1.29 is 14.4 Å². The molecule has 0 aliphatic carbocycles. The van der Waals surface area contributed by atoms with Gasteiger partial charge < -0.3 is 20.4 Å². The largest absolute Gasteiger partial charge is 0.346 e. The summed E-state index contributed by atoms with van der Waals surface area (Å²) in [6.07, 6.45) is 1.36. The highest BCUT2D eigenvalue weighted by Gasteiger charge is 2.23. The van der Waals surface area contributed by atoms with E-state index in [1.807, 2.05) is 56.3 Å². The SMILES string of the molecule is Cc1ccc(C(CNC(=O)C(=O)Nc2cccc(N3CCCC3=O)c2)N(C)C)cc1. The number of carbonyl (C=O) groups is 3. The van der Waals surface area contributed by atoms with Gasteiger partial charge in [0.05, 0.1) is 6.04 Å². The fourth-order valence-corrected chi connectivity index (χ4v) is 3.52. The number of likely N-dealkylation sites (N-methyl/N-ethyl adjacent to an activating group) is 1. The average Bonchev–Trinajstić information content (AvgIpc) is 3.15. The molecular weight excluding hydrogens is 380 g/mol. The van der Waals surface area contributed by atoms with Gasteiger partial charge in [-0.3, -0.25) is 14.4 Å². The Balaban J connectivity index is 1.60. The van der Waals surface area contributed by atoms with E-state index in [1.54, 1.807) is 23.1 Å². The molecule has 0 saturated carbocycles. The summed E-state index contributed by atoms with van der Waals surface area (Å²) in [7, 11) is 3.86. The summed E-state index contributed by atoms with van der Waals surface area (Å²) in [5, 5.41) is 5.33. The van der Waals surface area contributed by atoms with E-state index >= 15 is 0 Å². The first-order chi connectivity index (χ1) is 14.3. The van der Waals surface area contributed by atoms with E-state index < -0.39 is 11.8 Å². The molecule has 1 aliphatic heterocycles. The molecule has 3 amide bonds. The van der Waals surface area contributed by atoms with Crippen molar-refractivity contribution in [3.05, 3.63) is 59.7 Å². The number of aryl methyl sites for hydroxylation is 1. The van der Waals surface area contributed by atoms with Crippen molar-refractivity contribution in [2.45, 2.75) is 25.8 Å². The van der Waals surface area contributed by atoms with Gasteiger partial charge in [-0.1, -0.05) is 35.9 Å². The molecule has 1 fully saturated rings. The molecule has 0 aromatic heterocycles. The minimum atomic E-state index is -0.735. The third-order valence-corrected chi connectivity index (χ3v) is 5.24. The predicted octanol–water partition coefficient (Wildman–Crippen LogP) is 2.48. The van der Waals surface area contributed by atoms with Gasteiger partial charge in [-0.05, 0) is 51.2 Å². The summed E-state index contributed by atoms with van der Waals surface area (Å²) in [5.74, 6) is -1.36. The second-order valence-electron chi connectivity index (χ2n) is 7.75. The zero-order valence-corrected chi connectivity index (χ0v) is 17.6. The van der Waals surface area contributed by atoms with Crippen LogP contribution in [0.2, 0.25) is 0 Å². The molecule has 0 spiro atoms. The van der Waals surface area contributed by atoms with Crippen LogP contribution in [0.3, 0.4) is 0 Å². The summed E-state index contributed by atoms with van der Waals surface area (Å²) < 4.78 is 0. The van der Waals surface area contributed by atoms with Gasteiger partial charge in [0.25, 0.3) is 0 Å². The average molecular weight is 409 g/mol. The summed E-state index contributed by atoms with van der Waals surface area (Å²) in [6, 6.07) is 15.0. The first kappa shape index (κ1) is 21.5. The van der Waals surface area contributed by atoms with Gasteiger partial charge in [-0.2, -0.15) is 0 Å². The smallest absolute Gasteiger partial charge is 0.313 e. The van der Waals surface area contributed by atoms with Crippen LogP contribution in [0.5, 0.6) is 0 Å². The minimum absolute atomic E-state index is 0.0492. The molecule has 1 atom stereocenters. The van der Waals surface area contributed by atoms with Crippen LogP contribution in [0.4, 0.5) is 11.4 Å². The second kappa shape index (κ2) is 9.54. The van der Waals surface area contributed by atoms with Gasteiger partial charge in [0, 0.05) is 30.9 Å². The number of nitrogens with one attached hydrogen (secondary N) is 2. The lowest BCUT2D eigenvalue weighted by atomic mass is 10.0. The Morgan fingerprint density at radius 1 is 1.10 bits per heavy atom. The Bertz CT molecular complexity index is 924. The fraction of sp³-hybridized carbons (Fsp3) is 0.348. The minimum Gasteiger partial charge on any atom is -0.346 e. The molecule has 30 heavy (non-hydrogen) atoms. The number of rotatable bonds is 6. The lowest BCUT2D eigenvalue weighted by Gasteiger charge is -2.25. The molecule has 2 N–H and O–H groups in total. The van der Waals surface area contributed by atoms with Gasteiger partial charge in [0.15, 0.2) is 0 Å². The summed E-state index contributed by atoms with van der Waals surface area (Å²) in [5.41, 5.74) is 3.43. The van der Waals surface area contributed by atoms with Crippen LogP contribution in [0, 0.1) is 6.92 Å². The Kier molecular flexibility index (Phi) is 6.84. The number of nitrogens with zero attached hydrogens (tertiary/aromatic N) is 2. The first-order valence-corrected chi connectivity index (χ1v) is 10.1. The number of amides is 3. The van der Waals surface area contributed by atoms with Crippen LogP contribution in [-0.4, -0.2) is 49.8 Å². The molecule has 158 valence electrons. The van der Waals surface area contributed by atoms with E-state index in [4.69, 9.17) is 0 Å². The van der Waals surface area contributed by atoms with Crippen molar-refractivity contribution in [3.8, 4) is 0 Å². The van der Waals surface area contributed by atoms with Crippen molar-refractivity contribution in [1.29, 1.82) is 0 Å². The zero-order chi connectivity index (χ0) is 21.7. The van der Waals surface area contributed by atoms with Crippen molar-refractivity contribution in [2.75, 3.05) is 37.4 Å². The van der Waals surface area contributed by atoms with Crippen LogP contribution in [-0.2, 0) is 14.4 Å². The molecular formula is C23H28N4O3. The second-order valence-corrected chi connectivity index (χ2v) is 7.75. The Morgan fingerprint density at radius 3 is 2.47 bits per heavy atom. The van der Waals surface area contributed by atoms with E-state index in [2.05, 4.69) is 10.6 Å². The number of hydrogen-bond donors (Lipinski definition) is 2. The Morgan fingerprint density at radius 2 is 1.83 bits per heavy atom. The van der Waals surface area contributed by atoms with E-state index in [0.29, 0.717) is 25.2 Å². The maximum Gasteiger partial charge on any atom is 0.313 e. The molecule has 7 heteroatoms. The number of hydrogen-bond acceptors (Lipinski definition) is 4. The quantitative estimate of drug-likeness (QED) is 0.720. The fourth-order valence-electron chi connectivity index (χ4n) is 3.52. The van der Waals surface area contributed by atoms with E-state index in [0.717, 1.165) is 23.2 Å². The van der Waals surface area contributed by atoms with Gasteiger partial charge in [0.2, 0.25) is 5.91 Å². The lowest BCUT2D eigenvalue weighted by molar-refractivity contribution is -0.136. The maximum atomic E-state index is 12.4. The highest BCUT2D eigenvalue weighted by atomic mass is 16.2. The molecule has 2 aromatic carbocycles. The summed E-state index contributed by atoms with van der Waals surface area (Å²) >= 11 is 0. The molecule has 1 saturated heterocycles. The Hall–Kier alpha value is -3.19. The lowest BCUT2D eigenvalue weighted by Crippen LogP contribution is -2.40. The van der Waals surface area contributed by atoms with E-state index in [-0.39, 0.29) is 11.9 Å². The van der Waals surface area contributed by atoms with E-state index in [1.165, 1.54) is 0 Å². The van der Waals surface area contributed by atoms with Crippen LogP contribution in [0.1, 0.15) is 30.0 Å². The molecule has 7 nitrogen and oxygen atoms in total. The first-order valence-electron chi connectivity index (χ1n) is 10.1. The maximum absolute atomic E-state index is 12.4. The topological polar surface area (TPSA) is 81.8 Å². The summed E-state index contributed by atoms with van der Waals surface area (Å²) in [4.78, 5) is 40.3. The predicted molar refractivity (Wildman–Crippen MR) is 117 cm³/mol. The number of anilines is 2. The highest BCUT2D eigenvalue weighted by Crippen LogP contribution is 2.24. The molecule has 1 heterocycles.